The van der Waals surface area contributed by atoms with Crippen LogP contribution in [0.4, 0.5) is 0 Å². The molecule has 31 heavy (non-hydrogen) atoms. The summed E-state index contributed by atoms with van der Waals surface area (Å²) in [6, 6.07) is 13.3. The van der Waals surface area contributed by atoms with E-state index in [1.807, 2.05) is 25.1 Å². The predicted octanol–water partition coefficient (Wildman–Crippen LogP) is 4.34. The van der Waals surface area contributed by atoms with E-state index in [1.54, 1.807) is 35.2 Å². The number of carbonyl (C=O) groups is 2. The van der Waals surface area contributed by atoms with Crippen LogP contribution in [0.5, 0.6) is 0 Å². The SMILES string of the molecule is CC[C@@H](CO)N1C(=O)C(CC(=O)OC)OC(c2cccc(Cl)c2)[C@H]1c1ccc(Cl)cc1. The van der Waals surface area contributed by atoms with E-state index >= 15 is 0 Å². The highest BCUT2D eigenvalue weighted by molar-refractivity contribution is 6.30. The average molecular weight is 466 g/mol. The molecule has 1 fully saturated rings. The maximum absolute atomic E-state index is 13.5. The number of nitrogens with zero attached hydrogens (tertiary/aromatic N) is 1. The van der Waals surface area contributed by atoms with Crippen molar-refractivity contribution < 1.29 is 24.2 Å². The Balaban J connectivity index is 2.15. The minimum Gasteiger partial charge on any atom is -0.469 e. The second kappa shape index (κ2) is 10.5. The van der Waals surface area contributed by atoms with E-state index in [1.165, 1.54) is 7.11 Å². The van der Waals surface area contributed by atoms with Gasteiger partial charge in [-0.15, -0.1) is 0 Å². The van der Waals surface area contributed by atoms with E-state index in [4.69, 9.17) is 32.7 Å². The number of ether oxygens (including phenoxy) is 2. The summed E-state index contributed by atoms with van der Waals surface area (Å²) in [6.07, 6.45) is -1.36. The fourth-order valence-corrected chi connectivity index (χ4v) is 4.21. The van der Waals surface area contributed by atoms with Crippen LogP contribution in [0.25, 0.3) is 0 Å². The Morgan fingerprint density at radius 3 is 2.45 bits per heavy atom. The van der Waals surface area contributed by atoms with E-state index in [-0.39, 0.29) is 18.9 Å². The molecule has 166 valence electrons. The third-order valence-electron chi connectivity index (χ3n) is 5.47. The van der Waals surface area contributed by atoms with Gasteiger partial charge in [-0.3, -0.25) is 9.59 Å². The second-order valence-corrected chi connectivity index (χ2v) is 8.24. The maximum atomic E-state index is 13.5. The summed E-state index contributed by atoms with van der Waals surface area (Å²) in [5, 5.41) is 11.1. The maximum Gasteiger partial charge on any atom is 0.308 e. The zero-order valence-electron chi connectivity index (χ0n) is 17.3. The van der Waals surface area contributed by atoms with Gasteiger partial charge in [0.2, 0.25) is 0 Å². The normalized spacial score (nSPS) is 22.3. The molecule has 2 aromatic carbocycles. The van der Waals surface area contributed by atoms with Crippen molar-refractivity contribution in [2.45, 2.75) is 44.1 Å². The van der Waals surface area contributed by atoms with E-state index in [0.717, 1.165) is 11.1 Å². The van der Waals surface area contributed by atoms with Crippen molar-refractivity contribution in [2.24, 2.45) is 0 Å². The highest BCUT2D eigenvalue weighted by atomic mass is 35.5. The van der Waals surface area contributed by atoms with Gasteiger partial charge in [0.15, 0.2) is 0 Å². The fourth-order valence-electron chi connectivity index (χ4n) is 3.89. The number of benzene rings is 2. The standard InChI is InChI=1S/C23H25Cl2NO5/c1-3-18(13-27)26-21(14-7-9-16(24)10-8-14)22(15-5-4-6-17(25)11-15)31-19(23(26)29)12-20(28)30-2/h4-11,18-19,21-22,27H,3,12-13H2,1-2H3/t18-,19?,21+,22?/m0/s1. The number of hydrogen-bond acceptors (Lipinski definition) is 5. The molecule has 4 atom stereocenters. The molecule has 0 aliphatic carbocycles. The molecule has 8 heteroatoms. The molecule has 0 aromatic heterocycles. The van der Waals surface area contributed by atoms with Gasteiger partial charge in [-0.2, -0.15) is 0 Å². The van der Waals surface area contributed by atoms with Crippen LogP contribution in [0.15, 0.2) is 48.5 Å². The first-order valence-corrected chi connectivity index (χ1v) is 10.8. The van der Waals surface area contributed by atoms with Gasteiger partial charge in [-0.05, 0) is 41.8 Å². The smallest absolute Gasteiger partial charge is 0.308 e. The number of aliphatic hydroxyl groups excluding tert-OH is 1. The molecule has 1 amide bonds. The predicted molar refractivity (Wildman–Crippen MR) is 118 cm³/mol. The number of hydrogen-bond donors (Lipinski definition) is 1. The molecule has 0 bridgehead atoms. The van der Waals surface area contributed by atoms with Crippen LogP contribution in [0.2, 0.25) is 10.0 Å². The van der Waals surface area contributed by atoms with Crippen LogP contribution < -0.4 is 0 Å². The van der Waals surface area contributed by atoms with E-state index in [9.17, 15) is 14.7 Å². The van der Waals surface area contributed by atoms with Crippen LogP contribution in [0, 0.1) is 0 Å². The third-order valence-corrected chi connectivity index (χ3v) is 5.96. The molecule has 6 nitrogen and oxygen atoms in total. The van der Waals surface area contributed by atoms with Crippen molar-refractivity contribution in [3.63, 3.8) is 0 Å². The van der Waals surface area contributed by atoms with Gasteiger partial charge < -0.3 is 19.5 Å². The number of amides is 1. The minimum atomic E-state index is -1.04. The van der Waals surface area contributed by atoms with Crippen molar-refractivity contribution in [1.82, 2.24) is 4.90 Å². The van der Waals surface area contributed by atoms with Gasteiger partial charge in [0.1, 0.15) is 12.2 Å². The Morgan fingerprint density at radius 1 is 1.16 bits per heavy atom. The highest BCUT2D eigenvalue weighted by Crippen LogP contribution is 2.44. The van der Waals surface area contributed by atoms with Crippen LogP contribution >= 0.6 is 23.2 Å². The summed E-state index contributed by atoms with van der Waals surface area (Å²) in [6.45, 7) is 1.67. The molecule has 1 N–H and O–H groups in total. The topological polar surface area (TPSA) is 76.1 Å². The lowest BCUT2D eigenvalue weighted by Gasteiger charge is -2.47. The molecule has 1 aliphatic heterocycles. The Bertz CT molecular complexity index is 916. The van der Waals surface area contributed by atoms with Crippen molar-refractivity contribution in [3.8, 4) is 0 Å². The van der Waals surface area contributed by atoms with E-state index in [0.29, 0.717) is 16.5 Å². The van der Waals surface area contributed by atoms with Gasteiger partial charge in [-0.1, -0.05) is 54.4 Å². The summed E-state index contributed by atoms with van der Waals surface area (Å²) in [5.41, 5.74) is 1.55. The molecular formula is C23H25Cl2NO5. The van der Waals surface area contributed by atoms with Crippen LogP contribution in [-0.4, -0.2) is 47.7 Å². The Labute approximate surface area is 191 Å². The Kier molecular flexibility index (Phi) is 7.94. The number of carbonyl (C=O) groups excluding carboxylic acids is 2. The number of aliphatic hydroxyl groups is 1. The number of morpholine rings is 1. The van der Waals surface area contributed by atoms with Crippen molar-refractivity contribution >= 4 is 35.1 Å². The number of esters is 1. The molecule has 0 radical (unpaired) electrons. The highest BCUT2D eigenvalue weighted by Gasteiger charge is 2.47. The molecule has 0 saturated carbocycles. The molecule has 1 aliphatic rings. The van der Waals surface area contributed by atoms with Gasteiger partial charge >= 0.3 is 5.97 Å². The van der Waals surface area contributed by atoms with Crippen molar-refractivity contribution in [2.75, 3.05) is 13.7 Å². The summed E-state index contributed by atoms with van der Waals surface area (Å²) in [5.74, 6) is -0.922. The summed E-state index contributed by atoms with van der Waals surface area (Å²) in [4.78, 5) is 27.1. The number of methoxy groups -OCH3 is 1. The first-order valence-electron chi connectivity index (χ1n) is 10.1. The monoisotopic (exact) mass is 465 g/mol. The first-order chi connectivity index (χ1) is 14.9. The summed E-state index contributed by atoms with van der Waals surface area (Å²) >= 11 is 12.3. The third kappa shape index (κ3) is 5.21. The molecule has 2 unspecified atom stereocenters. The van der Waals surface area contributed by atoms with E-state index in [2.05, 4.69) is 0 Å². The van der Waals surface area contributed by atoms with Crippen molar-refractivity contribution in [3.05, 3.63) is 69.7 Å². The lowest BCUT2D eigenvalue weighted by Crippen LogP contribution is -2.56. The summed E-state index contributed by atoms with van der Waals surface area (Å²) < 4.78 is 11.0. The van der Waals surface area contributed by atoms with Crippen LogP contribution in [0.1, 0.15) is 43.0 Å². The number of rotatable bonds is 7. The van der Waals surface area contributed by atoms with Gasteiger partial charge in [0, 0.05) is 10.0 Å². The zero-order valence-corrected chi connectivity index (χ0v) is 18.8. The van der Waals surface area contributed by atoms with Crippen molar-refractivity contribution in [1.29, 1.82) is 0 Å². The zero-order chi connectivity index (χ0) is 22.5. The molecule has 2 aromatic rings. The fraction of sp³-hybridized carbons (Fsp3) is 0.391. The molecule has 1 heterocycles. The van der Waals surface area contributed by atoms with Gasteiger partial charge in [-0.25, -0.2) is 0 Å². The lowest BCUT2D eigenvalue weighted by atomic mass is 9.89. The molecular weight excluding hydrogens is 441 g/mol. The average Bonchev–Trinajstić information content (AvgIpc) is 2.77. The molecule has 0 spiro atoms. The second-order valence-electron chi connectivity index (χ2n) is 7.37. The minimum absolute atomic E-state index is 0.223. The Hall–Kier alpha value is -2.12. The first kappa shape index (κ1) is 23.5. The quantitative estimate of drug-likeness (QED) is 0.615. The molecule has 1 saturated heterocycles. The van der Waals surface area contributed by atoms with E-state index < -0.39 is 30.3 Å². The number of halogens is 2. The van der Waals surface area contributed by atoms with Gasteiger partial charge in [0.05, 0.1) is 32.2 Å². The Morgan fingerprint density at radius 2 is 1.87 bits per heavy atom. The summed E-state index contributed by atoms with van der Waals surface area (Å²) in [7, 11) is 1.26. The largest absolute Gasteiger partial charge is 0.469 e. The van der Waals surface area contributed by atoms with Gasteiger partial charge in [0.25, 0.3) is 5.91 Å². The lowest BCUT2D eigenvalue weighted by molar-refractivity contribution is -0.185. The van der Waals surface area contributed by atoms with Crippen LogP contribution in [-0.2, 0) is 19.1 Å². The molecule has 3 rings (SSSR count). The van der Waals surface area contributed by atoms with Crippen LogP contribution in [0.3, 0.4) is 0 Å².